The smallest absolute Gasteiger partial charge is 0.351 e. The zero-order valence-electron chi connectivity index (χ0n) is 11.1. The van der Waals surface area contributed by atoms with Gasteiger partial charge in [-0.15, -0.1) is 0 Å². The van der Waals surface area contributed by atoms with E-state index in [0.717, 1.165) is 0 Å². The monoisotopic (exact) mass is 328 g/mol. The molecule has 6 N–H and O–H groups in total. The molecule has 0 bridgehead atoms. The minimum Gasteiger partial charge on any atom is -0.382 e. The molecule has 11 nitrogen and oxygen atoms in total. The van der Waals surface area contributed by atoms with Crippen molar-refractivity contribution in [2.75, 3.05) is 17.8 Å². The Hall–Kier alpha value is -2.04. The first kappa shape index (κ1) is 14.9. The molecule has 0 aliphatic carbocycles. The van der Waals surface area contributed by atoms with Crippen molar-refractivity contribution < 1.29 is 23.8 Å². The number of hydrogen-bond donors (Lipinski definition) is 4. The Morgan fingerprint density at radius 2 is 2.14 bits per heavy atom. The van der Waals surface area contributed by atoms with Gasteiger partial charge in [-0.1, -0.05) is 0 Å². The minimum absolute atomic E-state index is 0.00280. The van der Waals surface area contributed by atoms with Crippen molar-refractivity contribution in [1.82, 2.24) is 19.5 Å². The third-order valence-electron chi connectivity index (χ3n) is 2.85. The first-order valence-electron chi connectivity index (χ1n) is 6.09. The number of nitrogens with two attached hydrogens (primary N) is 2. The van der Waals surface area contributed by atoms with Crippen LogP contribution in [-0.4, -0.2) is 41.9 Å². The molecule has 0 radical (unpaired) electrons. The van der Waals surface area contributed by atoms with Crippen molar-refractivity contribution in [2.45, 2.75) is 12.5 Å². The lowest BCUT2D eigenvalue weighted by Gasteiger charge is -2.16. The quantitative estimate of drug-likeness (QED) is 0.425. The number of anilines is 2. The summed E-state index contributed by atoms with van der Waals surface area (Å²) in [6.45, 7) is 0. The van der Waals surface area contributed by atoms with Crippen LogP contribution in [0.5, 0.6) is 0 Å². The lowest BCUT2D eigenvalue weighted by atomic mass is 10.4. The fraction of sp³-hybridized carbons (Fsp3) is 0.300. The molecule has 118 valence electrons. The van der Waals surface area contributed by atoms with Crippen molar-refractivity contribution in [3.05, 3.63) is 18.5 Å². The van der Waals surface area contributed by atoms with Gasteiger partial charge in [-0.2, -0.15) is 9.97 Å². The highest BCUT2D eigenvalue weighted by Gasteiger charge is 2.26. The van der Waals surface area contributed by atoms with E-state index in [1.807, 2.05) is 0 Å². The Balaban J connectivity index is 1.79. The van der Waals surface area contributed by atoms with Gasteiger partial charge in [-0.05, 0) is 12.2 Å². The molecule has 2 aromatic rings. The van der Waals surface area contributed by atoms with Gasteiger partial charge in [0, 0.05) is 0 Å². The molecule has 0 fully saturated rings. The number of rotatable bonds is 4. The van der Waals surface area contributed by atoms with E-state index in [9.17, 15) is 4.57 Å². The first-order valence-corrected chi connectivity index (χ1v) is 7.89. The maximum Gasteiger partial charge on any atom is 0.351 e. The van der Waals surface area contributed by atoms with Gasteiger partial charge >= 0.3 is 7.60 Å². The highest BCUT2D eigenvalue weighted by atomic mass is 31.2. The Morgan fingerprint density at radius 3 is 2.86 bits per heavy atom. The maximum atomic E-state index is 10.8. The molecule has 3 rings (SSSR count). The number of hydrogen-bond acceptors (Lipinski definition) is 8. The predicted molar refractivity (Wildman–Crippen MR) is 75.2 cm³/mol. The second-order valence-electron chi connectivity index (χ2n) is 4.53. The van der Waals surface area contributed by atoms with E-state index in [-0.39, 0.29) is 11.8 Å². The summed E-state index contributed by atoms with van der Waals surface area (Å²) in [4.78, 5) is 29.5. The largest absolute Gasteiger partial charge is 0.382 e. The molecule has 0 aromatic carbocycles. The van der Waals surface area contributed by atoms with Crippen LogP contribution in [0.25, 0.3) is 11.2 Å². The second kappa shape index (κ2) is 5.30. The van der Waals surface area contributed by atoms with Gasteiger partial charge in [0.2, 0.25) is 5.95 Å². The molecule has 0 saturated heterocycles. The van der Waals surface area contributed by atoms with Crippen molar-refractivity contribution in [3.8, 4) is 0 Å². The Morgan fingerprint density at radius 1 is 1.36 bits per heavy atom. The number of ether oxygens (including phenoxy) is 2. The van der Waals surface area contributed by atoms with Crippen LogP contribution in [0.4, 0.5) is 11.8 Å². The summed E-state index contributed by atoms with van der Waals surface area (Å²) in [5.74, 6) is 0.153. The van der Waals surface area contributed by atoms with Gasteiger partial charge in [-0.3, -0.25) is 9.13 Å². The second-order valence-corrected chi connectivity index (χ2v) is 6.12. The molecular formula is C10H13N6O5P. The molecule has 2 aromatic heterocycles. The molecule has 0 amide bonds. The first-order chi connectivity index (χ1) is 10.3. The fourth-order valence-corrected chi connectivity index (χ4v) is 2.32. The van der Waals surface area contributed by atoms with E-state index in [0.29, 0.717) is 11.2 Å². The van der Waals surface area contributed by atoms with Crippen LogP contribution < -0.4 is 11.5 Å². The van der Waals surface area contributed by atoms with Crippen LogP contribution >= 0.6 is 7.60 Å². The SMILES string of the molecule is Nc1nc(N)c2ncn([C@H]3C=C[C@@H](OCP(=O)(O)O)O3)c2n1. The molecule has 0 unspecified atom stereocenters. The third-order valence-corrected chi connectivity index (χ3v) is 3.34. The van der Waals surface area contributed by atoms with Gasteiger partial charge in [0.15, 0.2) is 30.3 Å². The number of fused-ring (bicyclic) bond motifs is 1. The number of nitrogens with zero attached hydrogens (tertiary/aromatic N) is 4. The average molecular weight is 328 g/mol. The number of imidazole rings is 1. The standard InChI is InChI=1S/C10H13N6O5P/c11-8-7-9(15-10(12)14-8)16(3-13-7)5-1-2-6(21-5)20-4-22(17,18)19/h1-3,5-6H,4H2,(H2,17,18,19)(H4,11,12,14,15)/t5-,6+/m1/s1. The molecule has 1 aliphatic rings. The third kappa shape index (κ3) is 2.93. The van der Waals surface area contributed by atoms with Crippen LogP contribution in [0.3, 0.4) is 0 Å². The van der Waals surface area contributed by atoms with Crippen LogP contribution in [0.1, 0.15) is 6.23 Å². The summed E-state index contributed by atoms with van der Waals surface area (Å²) in [7, 11) is -4.26. The number of aromatic nitrogens is 4. The molecule has 0 saturated carbocycles. The van der Waals surface area contributed by atoms with Crippen LogP contribution in [0.15, 0.2) is 18.5 Å². The molecule has 2 atom stereocenters. The van der Waals surface area contributed by atoms with Crippen LogP contribution in [-0.2, 0) is 14.0 Å². The van der Waals surface area contributed by atoms with E-state index >= 15 is 0 Å². The topological polar surface area (TPSA) is 172 Å². The van der Waals surface area contributed by atoms with Gasteiger partial charge in [0.1, 0.15) is 5.52 Å². The minimum atomic E-state index is -4.26. The summed E-state index contributed by atoms with van der Waals surface area (Å²) in [6.07, 6.45) is 2.39. The van der Waals surface area contributed by atoms with Gasteiger partial charge in [0.05, 0.1) is 6.33 Å². The summed E-state index contributed by atoms with van der Waals surface area (Å²) < 4.78 is 22.8. The molecule has 12 heteroatoms. The van der Waals surface area contributed by atoms with E-state index in [4.69, 9.17) is 30.7 Å². The van der Waals surface area contributed by atoms with Crippen molar-refractivity contribution in [1.29, 1.82) is 0 Å². The summed E-state index contributed by atoms with van der Waals surface area (Å²) in [5.41, 5.74) is 12.0. The highest BCUT2D eigenvalue weighted by molar-refractivity contribution is 7.51. The van der Waals surface area contributed by atoms with E-state index in [1.165, 1.54) is 12.4 Å². The van der Waals surface area contributed by atoms with Crippen LogP contribution in [0.2, 0.25) is 0 Å². The summed E-state index contributed by atoms with van der Waals surface area (Å²) in [5, 5.41) is 0. The summed E-state index contributed by atoms with van der Waals surface area (Å²) >= 11 is 0. The van der Waals surface area contributed by atoms with Gasteiger partial charge in [0.25, 0.3) is 0 Å². The Bertz CT molecular complexity index is 785. The van der Waals surface area contributed by atoms with E-state index in [2.05, 4.69) is 15.0 Å². The van der Waals surface area contributed by atoms with Crippen LogP contribution in [0, 0.1) is 0 Å². The van der Waals surface area contributed by atoms with Gasteiger partial charge in [-0.25, -0.2) is 4.98 Å². The maximum absolute atomic E-state index is 10.8. The number of nitrogen functional groups attached to an aromatic ring is 2. The van der Waals surface area contributed by atoms with E-state index < -0.39 is 26.5 Å². The van der Waals surface area contributed by atoms with Gasteiger partial charge < -0.3 is 30.7 Å². The fourth-order valence-electron chi connectivity index (χ4n) is 1.98. The average Bonchev–Trinajstić information content (AvgIpc) is 3.01. The van der Waals surface area contributed by atoms with Crippen molar-refractivity contribution in [3.63, 3.8) is 0 Å². The molecule has 1 aliphatic heterocycles. The molecular weight excluding hydrogens is 315 g/mol. The molecule has 0 spiro atoms. The Kier molecular flexibility index (Phi) is 3.59. The zero-order chi connectivity index (χ0) is 15.9. The van der Waals surface area contributed by atoms with E-state index in [1.54, 1.807) is 10.6 Å². The molecule has 3 heterocycles. The lowest BCUT2D eigenvalue weighted by molar-refractivity contribution is -0.125. The Labute approximate surface area is 123 Å². The van der Waals surface area contributed by atoms with Crippen molar-refractivity contribution >= 4 is 30.5 Å². The highest BCUT2D eigenvalue weighted by Crippen LogP contribution is 2.36. The summed E-state index contributed by atoms with van der Waals surface area (Å²) in [6, 6.07) is 0. The van der Waals surface area contributed by atoms with Crippen molar-refractivity contribution in [2.24, 2.45) is 0 Å². The predicted octanol–water partition coefficient (Wildman–Crippen LogP) is -0.446. The normalized spacial score (nSPS) is 21.7. The zero-order valence-corrected chi connectivity index (χ0v) is 12.0. The molecule has 22 heavy (non-hydrogen) atoms. The lowest BCUT2D eigenvalue weighted by Crippen LogP contribution is -2.16.